The standard InChI is InChI=1S/C22H20O2/c1-16-10-9-11-17(2)21(16)24-22(19-14-7-4-8-15-19)20(23)18-12-5-3-6-13-18/h3-15,22H,1-2H3. The number of rotatable bonds is 5. The summed E-state index contributed by atoms with van der Waals surface area (Å²) in [5, 5.41) is 0. The van der Waals surface area contributed by atoms with Crippen molar-refractivity contribution in [1.82, 2.24) is 0 Å². The number of carbonyl (C=O) groups excluding carboxylic acids is 1. The van der Waals surface area contributed by atoms with Gasteiger partial charge in [-0.25, -0.2) is 0 Å². The summed E-state index contributed by atoms with van der Waals surface area (Å²) in [6.07, 6.45) is -0.659. The van der Waals surface area contributed by atoms with Gasteiger partial charge in [-0.3, -0.25) is 4.79 Å². The number of carbonyl (C=O) groups is 1. The molecule has 0 aliphatic rings. The van der Waals surface area contributed by atoms with Crippen LogP contribution in [0.25, 0.3) is 0 Å². The zero-order valence-electron chi connectivity index (χ0n) is 13.9. The van der Waals surface area contributed by atoms with Gasteiger partial charge in [0.2, 0.25) is 5.78 Å². The Kier molecular flexibility index (Phi) is 4.76. The van der Waals surface area contributed by atoms with E-state index in [1.807, 2.05) is 92.7 Å². The van der Waals surface area contributed by atoms with Crippen LogP contribution in [0.3, 0.4) is 0 Å². The van der Waals surface area contributed by atoms with Gasteiger partial charge in [0.25, 0.3) is 0 Å². The molecule has 2 heteroatoms. The third kappa shape index (κ3) is 3.38. The molecule has 1 unspecified atom stereocenters. The maximum absolute atomic E-state index is 13.0. The minimum absolute atomic E-state index is 0.0375. The van der Waals surface area contributed by atoms with Crippen LogP contribution in [0.1, 0.15) is 33.2 Å². The van der Waals surface area contributed by atoms with Crippen LogP contribution in [-0.4, -0.2) is 5.78 Å². The second kappa shape index (κ2) is 7.14. The molecule has 0 bridgehead atoms. The summed E-state index contributed by atoms with van der Waals surface area (Å²) in [5.74, 6) is 0.736. The first-order chi connectivity index (χ1) is 11.7. The van der Waals surface area contributed by atoms with E-state index in [0.717, 1.165) is 22.4 Å². The highest BCUT2D eigenvalue weighted by atomic mass is 16.5. The SMILES string of the molecule is Cc1cccc(C)c1OC(C(=O)c1ccccc1)c1ccccc1. The van der Waals surface area contributed by atoms with Crippen LogP contribution < -0.4 is 4.74 Å². The monoisotopic (exact) mass is 316 g/mol. The van der Waals surface area contributed by atoms with Gasteiger partial charge < -0.3 is 4.74 Å². The fourth-order valence-electron chi connectivity index (χ4n) is 2.76. The first kappa shape index (κ1) is 16.0. The zero-order valence-corrected chi connectivity index (χ0v) is 13.9. The number of aryl methyl sites for hydroxylation is 2. The predicted molar refractivity (Wildman–Crippen MR) is 96.5 cm³/mol. The van der Waals surface area contributed by atoms with Crippen molar-refractivity contribution in [2.75, 3.05) is 0 Å². The summed E-state index contributed by atoms with van der Waals surface area (Å²) in [7, 11) is 0. The van der Waals surface area contributed by atoms with Crippen LogP contribution >= 0.6 is 0 Å². The minimum atomic E-state index is -0.659. The van der Waals surface area contributed by atoms with Crippen molar-refractivity contribution in [3.8, 4) is 5.75 Å². The lowest BCUT2D eigenvalue weighted by molar-refractivity contribution is 0.0790. The van der Waals surface area contributed by atoms with E-state index < -0.39 is 6.10 Å². The van der Waals surface area contributed by atoms with Crippen LogP contribution in [0.5, 0.6) is 5.75 Å². The van der Waals surface area contributed by atoms with Gasteiger partial charge >= 0.3 is 0 Å². The van der Waals surface area contributed by atoms with Crippen LogP contribution in [0.15, 0.2) is 78.9 Å². The molecule has 0 heterocycles. The molecule has 2 nitrogen and oxygen atoms in total. The average molecular weight is 316 g/mol. The van der Waals surface area contributed by atoms with Crippen molar-refractivity contribution >= 4 is 5.78 Å². The maximum atomic E-state index is 13.0. The van der Waals surface area contributed by atoms with E-state index in [9.17, 15) is 4.79 Å². The topological polar surface area (TPSA) is 26.3 Å². The van der Waals surface area contributed by atoms with Crippen LogP contribution in [0, 0.1) is 13.8 Å². The van der Waals surface area contributed by atoms with Gasteiger partial charge in [0.1, 0.15) is 5.75 Å². The first-order valence-corrected chi connectivity index (χ1v) is 8.04. The van der Waals surface area contributed by atoms with Crippen molar-refractivity contribution in [1.29, 1.82) is 0 Å². The zero-order chi connectivity index (χ0) is 16.9. The number of Topliss-reactive ketones (excluding diaryl/α,β-unsaturated/α-hetero) is 1. The Bertz CT molecular complexity index is 803. The molecule has 0 radical (unpaired) electrons. The lowest BCUT2D eigenvalue weighted by Crippen LogP contribution is -2.20. The Hall–Kier alpha value is -2.87. The minimum Gasteiger partial charge on any atom is -0.477 e. The summed E-state index contributed by atoms with van der Waals surface area (Å²) in [6, 6.07) is 24.9. The van der Waals surface area contributed by atoms with Crippen LogP contribution in [0.4, 0.5) is 0 Å². The van der Waals surface area contributed by atoms with Gasteiger partial charge in [-0.1, -0.05) is 78.9 Å². The van der Waals surface area contributed by atoms with E-state index in [-0.39, 0.29) is 5.78 Å². The summed E-state index contributed by atoms with van der Waals surface area (Å²) in [4.78, 5) is 13.0. The second-order valence-electron chi connectivity index (χ2n) is 5.86. The smallest absolute Gasteiger partial charge is 0.207 e. The summed E-state index contributed by atoms with van der Waals surface area (Å²) in [6.45, 7) is 3.99. The molecule has 0 amide bonds. The Balaban J connectivity index is 2.02. The summed E-state index contributed by atoms with van der Waals surface area (Å²) < 4.78 is 6.23. The molecule has 0 spiro atoms. The van der Waals surface area contributed by atoms with Gasteiger partial charge in [0, 0.05) is 11.1 Å². The van der Waals surface area contributed by atoms with Crippen molar-refractivity contribution in [3.63, 3.8) is 0 Å². The Morgan fingerprint density at radius 3 is 1.88 bits per heavy atom. The quantitative estimate of drug-likeness (QED) is 0.597. The molecule has 0 aromatic heterocycles. The predicted octanol–water partition coefficient (Wildman–Crippen LogP) is 5.31. The van der Waals surface area contributed by atoms with Crippen molar-refractivity contribution in [3.05, 3.63) is 101 Å². The molecular weight excluding hydrogens is 296 g/mol. The molecule has 0 aliphatic carbocycles. The number of para-hydroxylation sites is 1. The number of ketones is 1. The highest BCUT2D eigenvalue weighted by Gasteiger charge is 2.25. The largest absolute Gasteiger partial charge is 0.477 e. The number of hydrogen-bond acceptors (Lipinski definition) is 2. The maximum Gasteiger partial charge on any atom is 0.207 e. The van der Waals surface area contributed by atoms with E-state index in [0.29, 0.717) is 5.56 Å². The molecule has 24 heavy (non-hydrogen) atoms. The van der Waals surface area contributed by atoms with E-state index in [2.05, 4.69) is 0 Å². The fraction of sp³-hybridized carbons (Fsp3) is 0.136. The lowest BCUT2D eigenvalue weighted by Gasteiger charge is -2.21. The summed E-state index contributed by atoms with van der Waals surface area (Å²) in [5.41, 5.74) is 3.56. The molecule has 3 aromatic rings. The molecule has 3 rings (SSSR count). The van der Waals surface area contributed by atoms with Gasteiger partial charge in [-0.2, -0.15) is 0 Å². The van der Waals surface area contributed by atoms with E-state index >= 15 is 0 Å². The molecule has 0 fully saturated rings. The van der Waals surface area contributed by atoms with Gasteiger partial charge in [0.15, 0.2) is 6.10 Å². The molecule has 120 valence electrons. The molecule has 0 saturated carbocycles. The molecular formula is C22H20O2. The lowest BCUT2D eigenvalue weighted by atomic mass is 9.99. The number of benzene rings is 3. The third-order valence-corrected chi connectivity index (χ3v) is 4.04. The molecule has 0 saturated heterocycles. The molecule has 0 aliphatic heterocycles. The van der Waals surface area contributed by atoms with E-state index in [1.165, 1.54) is 0 Å². The van der Waals surface area contributed by atoms with Crippen molar-refractivity contribution < 1.29 is 9.53 Å². The van der Waals surface area contributed by atoms with Crippen LogP contribution in [-0.2, 0) is 0 Å². The second-order valence-corrected chi connectivity index (χ2v) is 5.86. The van der Waals surface area contributed by atoms with Gasteiger partial charge in [0.05, 0.1) is 0 Å². The van der Waals surface area contributed by atoms with Gasteiger partial charge in [-0.15, -0.1) is 0 Å². The Morgan fingerprint density at radius 1 is 0.750 bits per heavy atom. The molecule has 1 atom stereocenters. The fourth-order valence-corrected chi connectivity index (χ4v) is 2.76. The first-order valence-electron chi connectivity index (χ1n) is 8.04. The van der Waals surface area contributed by atoms with E-state index in [1.54, 1.807) is 0 Å². The van der Waals surface area contributed by atoms with E-state index in [4.69, 9.17) is 4.74 Å². The van der Waals surface area contributed by atoms with Crippen LogP contribution in [0.2, 0.25) is 0 Å². The normalized spacial score (nSPS) is 11.8. The number of ether oxygens (including phenoxy) is 1. The number of hydrogen-bond donors (Lipinski definition) is 0. The third-order valence-electron chi connectivity index (χ3n) is 4.04. The Morgan fingerprint density at radius 2 is 1.29 bits per heavy atom. The average Bonchev–Trinajstić information content (AvgIpc) is 2.62. The molecule has 3 aromatic carbocycles. The van der Waals surface area contributed by atoms with Gasteiger partial charge in [-0.05, 0) is 25.0 Å². The summed E-state index contributed by atoms with van der Waals surface area (Å²) >= 11 is 0. The highest BCUT2D eigenvalue weighted by Crippen LogP contribution is 2.30. The highest BCUT2D eigenvalue weighted by molar-refractivity contribution is 6.00. The van der Waals surface area contributed by atoms with Crippen molar-refractivity contribution in [2.45, 2.75) is 20.0 Å². The van der Waals surface area contributed by atoms with Crippen molar-refractivity contribution in [2.24, 2.45) is 0 Å². The Labute approximate surface area is 142 Å². The molecule has 0 N–H and O–H groups in total.